The SMILES string of the molecule is CC1(C)[C@@H](OC(=O)CCC(=O)O)CC[C@]2(C)[C@H]3C(=O)C=C4[C@@H]5C[C@@](C)(C(=O)O)CC[C@@]5(C)CC[C@@]4(C)[C@@]3(C)CC[C@@H]12. The van der Waals surface area contributed by atoms with Crippen molar-refractivity contribution in [1.29, 1.82) is 0 Å². The van der Waals surface area contributed by atoms with Crippen LogP contribution in [0.15, 0.2) is 11.6 Å². The number of esters is 1. The average Bonchev–Trinajstić information content (AvgIpc) is 2.86. The fraction of sp³-hybridized carbons (Fsp3) is 0.824. The highest BCUT2D eigenvalue weighted by Crippen LogP contribution is 2.75. The Morgan fingerprint density at radius 3 is 2.17 bits per heavy atom. The van der Waals surface area contributed by atoms with Crippen molar-refractivity contribution in [3.63, 3.8) is 0 Å². The van der Waals surface area contributed by atoms with Crippen molar-refractivity contribution in [2.45, 2.75) is 125 Å². The van der Waals surface area contributed by atoms with Crippen molar-refractivity contribution >= 4 is 23.7 Å². The Hall–Kier alpha value is -2.18. The molecule has 5 aliphatic carbocycles. The summed E-state index contributed by atoms with van der Waals surface area (Å²) in [5, 5.41) is 19.1. The van der Waals surface area contributed by atoms with Gasteiger partial charge in [0.05, 0.1) is 18.3 Å². The molecule has 0 heterocycles. The molecule has 9 atom stereocenters. The van der Waals surface area contributed by atoms with Gasteiger partial charge >= 0.3 is 17.9 Å². The average molecular weight is 571 g/mol. The van der Waals surface area contributed by atoms with Crippen LogP contribution < -0.4 is 0 Å². The van der Waals surface area contributed by atoms with Crippen LogP contribution in [0.2, 0.25) is 0 Å². The Morgan fingerprint density at radius 1 is 0.878 bits per heavy atom. The van der Waals surface area contributed by atoms with E-state index in [0.717, 1.165) is 38.5 Å². The van der Waals surface area contributed by atoms with Crippen molar-refractivity contribution in [3.05, 3.63) is 11.6 Å². The molecule has 228 valence electrons. The summed E-state index contributed by atoms with van der Waals surface area (Å²) >= 11 is 0. The van der Waals surface area contributed by atoms with Gasteiger partial charge in [-0.3, -0.25) is 19.2 Å². The number of aliphatic carboxylic acids is 2. The van der Waals surface area contributed by atoms with Crippen molar-refractivity contribution in [3.8, 4) is 0 Å². The molecule has 4 saturated carbocycles. The molecule has 0 bridgehead atoms. The van der Waals surface area contributed by atoms with Gasteiger partial charge in [-0.1, -0.05) is 47.1 Å². The highest BCUT2D eigenvalue weighted by molar-refractivity contribution is 5.95. The highest BCUT2D eigenvalue weighted by Gasteiger charge is 2.70. The van der Waals surface area contributed by atoms with Crippen LogP contribution in [0.25, 0.3) is 0 Å². The summed E-state index contributed by atoms with van der Waals surface area (Å²) in [4.78, 5) is 50.3. The highest BCUT2D eigenvalue weighted by atomic mass is 16.5. The van der Waals surface area contributed by atoms with E-state index in [1.54, 1.807) is 0 Å². The summed E-state index contributed by atoms with van der Waals surface area (Å²) < 4.78 is 5.91. The molecule has 0 aromatic heterocycles. The van der Waals surface area contributed by atoms with E-state index in [1.165, 1.54) is 5.57 Å². The third-order valence-corrected chi connectivity index (χ3v) is 13.8. The number of carbonyl (C=O) groups excluding carboxylic acids is 2. The van der Waals surface area contributed by atoms with E-state index in [2.05, 4.69) is 41.5 Å². The maximum Gasteiger partial charge on any atom is 0.309 e. The predicted molar refractivity (Wildman–Crippen MR) is 154 cm³/mol. The minimum atomic E-state index is -1.01. The molecule has 5 aliphatic rings. The molecule has 4 fully saturated rings. The second-order valence-corrected chi connectivity index (χ2v) is 16.3. The minimum Gasteiger partial charge on any atom is -0.481 e. The van der Waals surface area contributed by atoms with Gasteiger partial charge < -0.3 is 14.9 Å². The van der Waals surface area contributed by atoms with E-state index < -0.39 is 23.3 Å². The number of hydrogen-bond donors (Lipinski definition) is 2. The zero-order chi connectivity index (χ0) is 30.4. The molecule has 0 aliphatic heterocycles. The fourth-order valence-electron chi connectivity index (χ4n) is 11.0. The van der Waals surface area contributed by atoms with Gasteiger partial charge in [0.25, 0.3) is 0 Å². The van der Waals surface area contributed by atoms with Crippen LogP contribution in [0, 0.1) is 50.2 Å². The van der Waals surface area contributed by atoms with Crippen LogP contribution in [-0.2, 0) is 23.9 Å². The van der Waals surface area contributed by atoms with Crippen LogP contribution in [0.1, 0.15) is 119 Å². The van der Waals surface area contributed by atoms with Crippen molar-refractivity contribution in [2.24, 2.45) is 50.2 Å². The summed E-state index contributed by atoms with van der Waals surface area (Å²) in [6, 6.07) is 0. The Morgan fingerprint density at radius 2 is 1.54 bits per heavy atom. The summed E-state index contributed by atoms with van der Waals surface area (Å²) in [6.07, 6.45) is 8.80. The summed E-state index contributed by atoms with van der Waals surface area (Å²) in [7, 11) is 0. The Balaban J connectivity index is 1.49. The zero-order valence-electron chi connectivity index (χ0n) is 26.1. The van der Waals surface area contributed by atoms with E-state index in [9.17, 15) is 24.3 Å². The lowest BCUT2D eigenvalue weighted by Crippen LogP contribution is -2.66. The predicted octanol–water partition coefficient (Wildman–Crippen LogP) is 6.83. The van der Waals surface area contributed by atoms with Gasteiger partial charge in [0, 0.05) is 11.3 Å². The monoisotopic (exact) mass is 570 g/mol. The van der Waals surface area contributed by atoms with Crippen LogP contribution in [0.3, 0.4) is 0 Å². The first-order valence-electron chi connectivity index (χ1n) is 15.7. The van der Waals surface area contributed by atoms with E-state index in [4.69, 9.17) is 9.84 Å². The minimum absolute atomic E-state index is 0.0233. The Bertz CT molecular complexity index is 1200. The van der Waals surface area contributed by atoms with E-state index in [0.29, 0.717) is 19.3 Å². The quantitative estimate of drug-likeness (QED) is 0.348. The lowest BCUT2D eigenvalue weighted by molar-refractivity contribution is -0.211. The van der Waals surface area contributed by atoms with Crippen molar-refractivity contribution in [2.75, 3.05) is 0 Å². The van der Waals surface area contributed by atoms with Crippen LogP contribution in [0.5, 0.6) is 0 Å². The lowest BCUT2D eigenvalue weighted by atomic mass is 9.33. The van der Waals surface area contributed by atoms with Gasteiger partial charge in [-0.25, -0.2) is 0 Å². The van der Waals surface area contributed by atoms with Crippen LogP contribution in [0.4, 0.5) is 0 Å². The number of fused-ring (bicyclic) bond motifs is 7. The third-order valence-electron chi connectivity index (χ3n) is 13.8. The van der Waals surface area contributed by atoms with E-state index >= 15 is 0 Å². The molecule has 0 amide bonds. The largest absolute Gasteiger partial charge is 0.481 e. The number of carboxylic acids is 2. The van der Waals surface area contributed by atoms with E-state index in [1.807, 2.05) is 13.0 Å². The number of carbonyl (C=O) groups is 4. The maximum absolute atomic E-state index is 14.5. The lowest BCUT2D eigenvalue weighted by Gasteiger charge is -2.70. The summed E-state index contributed by atoms with van der Waals surface area (Å²) in [6.45, 7) is 15.5. The number of hydrogen-bond acceptors (Lipinski definition) is 5. The molecule has 2 N–H and O–H groups in total. The molecule has 0 aromatic carbocycles. The van der Waals surface area contributed by atoms with Gasteiger partial charge in [0.15, 0.2) is 5.78 Å². The first kappa shape index (κ1) is 30.3. The normalized spacial score (nSPS) is 46.6. The Kier molecular flexibility index (Phi) is 6.95. The van der Waals surface area contributed by atoms with Crippen molar-refractivity contribution in [1.82, 2.24) is 0 Å². The second kappa shape index (κ2) is 9.41. The number of ketones is 1. The number of carboxylic acid groups (broad SMARTS) is 2. The Labute approximate surface area is 244 Å². The summed E-state index contributed by atoms with van der Waals surface area (Å²) in [5.41, 5.74) is -0.553. The fourth-order valence-corrected chi connectivity index (χ4v) is 11.0. The second-order valence-electron chi connectivity index (χ2n) is 16.3. The summed E-state index contributed by atoms with van der Waals surface area (Å²) in [5.74, 6) is -1.87. The molecule has 7 heteroatoms. The van der Waals surface area contributed by atoms with Crippen molar-refractivity contribution < 1.29 is 34.1 Å². The topological polar surface area (TPSA) is 118 Å². The first-order valence-corrected chi connectivity index (χ1v) is 15.7. The molecule has 0 saturated heterocycles. The van der Waals surface area contributed by atoms with E-state index in [-0.39, 0.29) is 69.6 Å². The number of allylic oxidation sites excluding steroid dienone is 2. The molecule has 5 rings (SSSR count). The van der Waals surface area contributed by atoms with Gasteiger partial charge in [0.1, 0.15) is 6.10 Å². The smallest absolute Gasteiger partial charge is 0.309 e. The third kappa shape index (κ3) is 4.25. The maximum atomic E-state index is 14.5. The zero-order valence-corrected chi connectivity index (χ0v) is 26.1. The molecular weight excluding hydrogens is 520 g/mol. The molecule has 7 nitrogen and oxygen atoms in total. The first-order chi connectivity index (χ1) is 18.8. The van der Waals surface area contributed by atoms with Gasteiger partial charge in [-0.05, 0) is 104 Å². The molecular formula is C34H50O7. The van der Waals surface area contributed by atoms with Crippen LogP contribution >= 0.6 is 0 Å². The van der Waals surface area contributed by atoms with Gasteiger partial charge in [-0.15, -0.1) is 0 Å². The molecule has 0 unspecified atom stereocenters. The standard InChI is InChI=1S/C34H50O7/c1-29(2)23-10-13-34(7)27(32(23,5)12-11-24(29)41-26(38)9-8-25(36)37)22(35)18-20-21-19-31(4,28(39)40)15-14-30(21,3)16-17-33(20,34)6/h18,21,23-24,27H,8-17,19H2,1-7H3,(H,36,37)(H,39,40)/t21-,23-,24-,27+,30-,31-,32-,33+,34-/m0/s1. The molecule has 0 spiro atoms. The van der Waals surface area contributed by atoms with Gasteiger partial charge in [0.2, 0.25) is 0 Å². The molecule has 0 radical (unpaired) electrons. The number of rotatable bonds is 5. The molecule has 41 heavy (non-hydrogen) atoms. The van der Waals surface area contributed by atoms with Crippen LogP contribution in [-0.4, -0.2) is 40.0 Å². The molecule has 0 aromatic rings. The van der Waals surface area contributed by atoms with Gasteiger partial charge in [-0.2, -0.15) is 0 Å². The number of ether oxygens (including phenoxy) is 1.